The van der Waals surface area contributed by atoms with Crippen molar-refractivity contribution in [2.75, 3.05) is 31.5 Å². The molecular formula is C24H26N6O3. The van der Waals surface area contributed by atoms with Crippen molar-refractivity contribution in [2.24, 2.45) is 0 Å². The van der Waals surface area contributed by atoms with E-state index in [1.54, 1.807) is 29.3 Å². The van der Waals surface area contributed by atoms with Gasteiger partial charge in [-0.3, -0.25) is 9.78 Å². The Morgan fingerprint density at radius 1 is 0.970 bits per heavy atom. The Bertz CT molecular complexity index is 1120. The van der Waals surface area contributed by atoms with E-state index in [1.807, 2.05) is 29.2 Å². The monoisotopic (exact) mass is 446 g/mol. The second kappa shape index (κ2) is 9.40. The molecule has 2 aromatic heterocycles. The number of carbonyl (C=O) groups excluding carboxylic acids is 2. The molecule has 4 heterocycles. The number of carbonyl (C=O) groups is 2. The van der Waals surface area contributed by atoms with Crippen LogP contribution in [0.3, 0.4) is 0 Å². The SMILES string of the molecule is O=C(Nc1cccc(C(=O)N2CCCC2)c1)N1CCC(c2nc(-c3ccccn3)no2)CC1. The topological polar surface area (TPSA) is 104 Å². The van der Waals surface area contributed by atoms with Gasteiger partial charge in [-0.05, 0) is 56.0 Å². The smallest absolute Gasteiger partial charge is 0.321 e. The summed E-state index contributed by atoms with van der Waals surface area (Å²) in [7, 11) is 0. The number of piperidine rings is 1. The number of aromatic nitrogens is 3. The predicted molar refractivity (Wildman–Crippen MR) is 122 cm³/mol. The number of likely N-dealkylation sites (tertiary alicyclic amines) is 2. The molecule has 2 aliphatic heterocycles. The molecule has 9 heteroatoms. The molecule has 1 aromatic carbocycles. The van der Waals surface area contributed by atoms with Crippen LogP contribution in [0.2, 0.25) is 0 Å². The Balaban J connectivity index is 1.16. The van der Waals surface area contributed by atoms with Crippen LogP contribution in [0, 0.1) is 0 Å². The van der Waals surface area contributed by atoms with Gasteiger partial charge in [-0.2, -0.15) is 4.98 Å². The molecule has 170 valence electrons. The molecule has 0 spiro atoms. The van der Waals surface area contributed by atoms with Gasteiger partial charge in [0.1, 0.15) is 5.69 Å². The normalized spacial score (nSPS) is 16.7. The first-order valence-electron chi connectivity index (χ1n) is 11.4. The molecule has 0 bridgehead atoms. The summed E-state index contributed by atoms with van der Waals surface area (Å²) in [4.78, 5) is 37.8. The third-order valence-electron chi connectivity index (χ3n) is 6.22. The molecule has 33 heavy (non-hydrogen) atoms. The molecule has 1 N–H and O–H groups in total. The van der Waals surface area contributed by atoms with Crippen molar-refractivity contribution < 1.29 is 14.1 Å². The van der Waals surface area contributed by atoms with Gasteiger partial charge < -0.3 is 19.6 Å². The molecule has 9 nitrogen and oxygen atoms in total. The van der Waals surface area contributed by atoms with E-state index < -0.39 is 0 Å². The lowest BCUT2D eigenvalue weighted by Crippen LogP contribution is -2.40. The minimum atomic E-state index is -0.168. The zero-order valence-corrected chi connectivity index (χ0v) is 18.3. The van der Waals surface area contributed by atoms with Crippen LogP contribution in [0.1, 0.15) is 47.8 Å². The summed E-state index contributed by atoms with van der Waals surface area (Å²) in [5.74, 6) is 1.20. The van der Waals surface area contributed by atoms with Gasteiger partial charge in [0.25, 0.3) is 5.91 Å². The second-order valence-electron chi connectivity index (χ2n) is 8.44. The highest BCUT2D eigenvalue weighted by Crippen LogP contribution is 2.28. The second-order valence-corrected chi connectivity index (χ2v) is 8.44. The molecule has 0 radical (unpaired) electrons. The summed E-state index contributed by atoms with van der Waals surface area (Å²) in [5, 5.41) is 6.98. The van der Waals surface area contributed by atoms with Crippen LogP contribution in [-0.2, 0) is 0 Å². The summed E-state index contributed by atoms with van der Waals surface area (Å²) in [5.41, 5.74) is 1.91. The minimum absolute atomic E-state index is 0.0223. The van der Waals surface area contributed by atoms with Crippen LogP contribution in [0.5, 0.6) is 0 Å². The van der Waals surface area contributed by atoms with Crippen LogP contribution in [0.25, 0.3) is 11.5 Å². The molecule has 0 unspecified atom stereocenters. The summed E-state index contributed by atoms with van der Waals surface area (Å²) < 4.78 is 5.47. The largest absolute Gasteiger partial charge is 0.339 e. The van der Waals surface area contributed by atoms with Gasteiger partial charge in [-0.1, -0.05) is 17.3 Å². The number of amides is 3. The van der Waals surface area contributed by atoms with E-state index in [2.05, 4.69) is 20.4 Å². The van der Waals surface area contributed by atoms with Gasteiger partial charge in [0.15, 0.2) is 0 Å². The summed E-state index contributed by atoms with van der Waals surface area (Å²) in [6.45, 7) is 2.77. The van der Waals surface area contributed by atoms with Crippen LogP contribution >= 0.6 is 0 Å². The number of pyridine rings is 1. The number of nitrogens with zero attached hydrogens (tertiary/aromatic N) is 5. The molecule has 0 aliphatic carbocycles. The molecule has 0 atom stereocenters. The Labute approximate surface area is 191 Å². The lowest BCUT2D eigenvalue weighted by Gasteiger charge is -2.30. The number of benzene rings is 1. The van der Waals surface area contributed by atoms with Crippen molar-refractivity contribution in [3.63, 3.8) is 0 Å². The van der Waals surface area contributed by atoms with Gasteiger partial charge >= 0.3 is 6.03 Å². The standard InChI is InChI=1S/C24H26N6O3/c31-23(29-12-3-4-13-29)18-6-5-7-19(16-18)26-24(32)30-14-9-17(10-15-30)22-27-21(28-33-22)20-8-1-2-11-25-20/h1-2,5-8,11,16-17H,3-4,9-10,12-15H2,(H,26,32). The maximum atomic E-state index is 12.8. The summed E-state index contributed by atoms with van der Waals surface area (Å²) >= 11 is 0. The van der Waals surface area contributed by atoms with Crippen molar-refractivity contribution >= 4 is 17.6 Å². The highest BCUT2D eigenvalue weighted by atomic mass is 16.5. The van der Waals surface area contributed by atoms with Gasteiger partial charge in [0.2, 0.25) is 11.7 Å². The van der Waals surface area contributed by atoms with E-state index in [4.69, 9.17) is 4.52 Å². The van der Waals surface area contributed by atoms with Gasteiger partial charge in [0, 0.05) is 49.5 Å². The van der Waals surface area contributed by atoms with E-state index >= 15 is 0 Å². The van der Waals surface area contributed by atoms with Crippen molar-refractivity contribution in [1.29, 1.82) is 0 Å². The number of hydrogen-bond donors (Lipinski definition) is 1. The average Bonchev–Trinajstić information content (AvgIpc) is 3.57. The first-order valence-corrected chi connectivity index (χ1v) is 11.4. The molecule has 2 aliphatic rings. The maximum absolute atomic E-state index is 12.8. The van der Waals surface area contributed by atoms with Crippen LogP contribution in [0.4, 0.5) is 10.5 Å². The Hall–Kier alpha value is -3.75. The predicted octanol–water partition coefficient (Wildman–Crippen LogP) is 3.78. The fourth-order valence-corrected chi connectivity index (χ4v) is 4.36. The highest BCUT2D eigenvalue weighted by Gasteiger charge is 2.28. The number of urea groups is 1. The van der Waals surface area contributed by atoms with E-state index in [0.717, 1.165) is 38.8 Å². The molecular weight excluding hydrogens is 420 g/mol. The van der Waals surface area contributed by atoms with Crippen LogP contribution in [-0.4, -0.2) is 63.0 Å². The number of nitrogens with one attached hydrogen (secondary N) is 1. The molecule has 0 saturated carbocycles. The van der Waals surface area contributed by atoms with E-state index in [-0.39, 0.29) is 17.9 Å². The zero-order valence-electron chi connectivity index (χ0n) is 18.3. The summed E-state index contributed by atoms with van der Waals surface area (Å²) in [6.07, 6.45) is 5.27. The van der Waals surface area contributed by atoms with Crippen LogP contribution < -0.4 is 5.32 Å². The maximum Gasteiger partial charge on any atom is 0.321 e. The minimum Gasteiger partial charge on any atom is -0.339 e. The van der Waals surface area contributed by atoms with Gasteiger partial charge in [-0.15, -0.1) is 0 Å². The summed E-state index contributed by atoms with van der Waals surface area (Å²) in [6, 6.07) is 12.6. The lowest BCUT2D eigenvalue weighted by atomic mass is 9.97. The van der Waals surface area contributed by atoms with Crippen LogP contribution in [0.15, 0.2) is 53.2 Å². The van der Waals surface area contributed by atoms with Gasteiger partial charge in [-0.25, -0.2) is 4.79 Å². The van der Waals surface area contributed by atoms with Crippen molar-refractivity contribution in [3.05, 3.63) is 60.1 Å². The molecule has 2 fully saturated rings. The third-order valence-corrected chi connectivity index (χ3v) is 6.22. The quantitative estimate of drug-likeness (QED) is 0.654. The van der Waals surface area contributed by atoms with E-state index in [0.29, 0.717) is 41.7 Å². The Morgan fingerprint density at radius 3 is 2.55 bits per heavy atom. The molecule has 2 saturated heterocycles. The highest BCUT2D eigenvalue weighted by molar-refractivity contribution is 5.97. The van der Waals surface area contributed by atoms with Crippen molar-refractivity contribution in [3.8, 4) is 11.5 Å². The fourth-order valence-electron chi connectivity index (χ4n) is 4.36. The molecule has 5 rings (SSSR count). The molecule has 3 amide bonds. The van der Waals surface area contributed by atoms with Crippen molar-refractivity contribution in [2.45, 2.75) is 31.6 Å². The first kappa shape index (κ1) is 21.1. The first-order chi connectivity index (χ1) is 16.2. The lowest BCUT2D eigenvalue weighted by molar-refractivity contribution is 0.0793. The average molecular weight is 447 g/mol. The zero-order chi connectivity index (χ0) is 22.6. The third kappa shape index (κ3) is 4.72. The number of rotatable bonds is 4. The number of hydrogen-bond acceptors (Lipinski definition) is 6. The van der Waals surface area contributed by atoms with Gasteiger partial charge in [0.05, 0.1) is 0 Å². The number of anilines is 1. The Morgan fingerprint density at radius 2 is 1.79 bits per heavy atom. The Kier molecular flexibility index (Phi) is 6.01. The van der Waals surface area contributed by atoms with E-state index in [1.165, 1.54) is 0 Å². The van der Waals surface area contributed by atoms with Crippen molar-refractivity contribution in [1.82, 2.24) is 24.9 Å². The van der Waals surface area contributed by atoms with E-state index in [9.17, 15) is 9.59 Å². The fraction of sp³-hybridized carbons (Fsp3) is 0.375. The molecule has 3 aromatic rings.